The normalized spacial score (nSPS) is 11.5. The molecule has 0 unspecified atom stereocenters. The molecular weight excluding hydrogens is 593 g/mol. The highest BCUT2D eigenvalue weighted by Crippen LogP contribution is 2.19. The topological polar surface area (TPSA) is 233 Å². The molecule has 0 bridgehead atoms. The summed E-state index contributed by atoms with van der Waals surface area (Å²) >= 11 is 0. The summed E-state index contributed by atoms with van der Waals surface area (Å²) in [6.07, 6.45) is -10.1. The first-order valence-electron chi connectivity index (χ1n) is 9.05. The molecule has 0 saturated carbocycles. The Kier molecular flexibility index (Phi) is 12.5. The molecule has 0 aliphatic carbocycles. The number of hydrogen-bond acceptors (Lipinski definition) is 7. The summed E-state index contributed by atoms with van der Waals surface area (Å²) < 4.78 is 73.8. The van der Waals surface area contributed by atoms with Crippen LogP contribution < -0.4 is 0 Å². The van der Waals surface area contributed by atoms with Crippen LogP contribution >= 0.6 is 0 Å². The Morgan fingerprint density at radius 2 is 0.970 bits per heavy atom. The van der Waals surface area contributed by atoms with Gasteiger partial charge in [0.1, 0.15) is 0 Å². The van der Waals surface area contributed by atoms with E-state index in [0.717, 1.165) is 6.42 Å². The van der Waals surface area contributed by atoms with Gasteiger partial charge in [-0.15, -0.1) is 0 Å². The molecule has 0 heterocycles. The van der Waals surface area contributed by atoms with E-state index in [2.05, 4.69) is 43.4 Å². The molecule has 22 heteroatoms. The second-order valence-electron chi connectivity index (χ2n) is 7.28. The third kappa shape index (κ3) is 6.88. The third-order valence-electron chi connectivity index (χ3n) is 4.90. The van der Waals surface area contributed by atoms with Gasteiger partial charge in [0, 0.05) is 7.11 Å². The molecule has 0 aromatic heterocycles. The first-order chi connectivity index (χ1) is 15.0. The lowest BCUT2D eigenvalue weighted by atomic mass is 10.2. The van der Waals surface area contributed by atoms with Crippen LogP contribution in [-0.2, 0) is 37.6 Å². The fraction of sp³-hybridized carbons (Fsp3) is 0.455. The Labute approximate surface area is 199 Å². The van der Waals surface area contributed by atoms with Crippen LogP contribution in [0.3, 0.4) is 0 Å². The SMILES string of the molecule is CO[Si](C)(C)CCc1ccccc1.O=[Si](O)[Si]([Si](=O)O)([Si](=O)O)[Si]([Si](=O)O)([Si](=O)O)[Si](=O)O. The average Bonchev–Trinajstić information content (AvgIpc) is 2.69. The molecule has 33 heavy (non-hydrogen) atoms. The van der Waals surface area contributed by atoms with Crippen molar-refractivity contribution in [2.75, 3.05) is 7.11 Å². The van der Waals surface area contributed by atoms with Crippen molar-refractivity contribution >= 4 is 71.3 Å². The molecular formula is C11H24O13Si9. The Morgan fingerprint density at radius 1 is 0.667 bits per heavy atom. The summed E-state index contributed by atoms with van der Waals surface area (Å²) in [6, 6.07) is 11.8. The van der Waals surface area contributed by atoms with Gasteiger partial charge in [-0.05, 0) is 31.1 Å². The minimum absolute atomic E-state index is 1.15. The van der Waals surface area contributed by atoms with Gasteiger partial charge in [0.05, 0.1) is 0 Å². The minimum Gasteiger partial charge on any atom is -0.542 e. The van der Waals surface area contributed by atoms with Gasteiger partial charge >= 0.3 is 63.0 Å². The quantitative estimate of drug-likeness (QED) is 0.130. The van der Waals surface area contributed by atoms with Crippen molar-refractivity contribution in [3.8, 4) is 0 Å². The zero-order valence-corrected chi connectivity index (χ0v) is 26.8. The van der Waals surface area contributed by atoms with Crippen molar-refractivity contribution in [3.63, 3.8) is 0 Å². The van der Waals surface area contributed by atoms with Crippen molar-refractivity contribution in [2.24, 2.45) is 0 Å². The molecule has 0 radical (unpaired) electrons. The van der Waals surface area contributed by atoms with E-state index >= 15 is 0 Å². The van der Waals surface area contributed by atoms with E-state index in [1.54, 1.807) is 0 Å². The third-order valence-corrected chi connectivity index (χ3v) is 103. The molecule has 1 aromatic carbocycles. The van der Waals surface area contributed by atoms with E-state index in [9.17, 15) is 26.8 Å². The lowest BCUT2D eigenvalue weighted by molar-refractivity contribution is 0.403. The van der Waals surface area contributed by atoms with Crippen LogP contribution in [0.2, 0.25) is 19.1 Å². The van der Waals surface area contributed by atoms with Gasteiger partial charge in [-0.1, -0.05) is 30.3 Å². The van der Waals surface area contributed by atoms with Gasteiger partial charge in [0.2, 0.25) is 0 Å². The average molecular weight is 617 g/mol. The number of aryl methyl sites for hydroxylation is 1. The predicted molar refractivity (Wildman–Crippen MR) is 123 cm³/mol. The van der Waals surface area contributed by atoms with Crippen molar-refractivity contribution in [3.05, 3.63) is 35.9 Å². The summed E-state index contributed by atoms with van der Waals surface area (Å²) in [6.45, 7) is 4.52. The first-order valence-corrected chi connectivity index (χ1v) is 31.3. The van der Waals surface area contributed by atoms with Gasteiger partial charge in [0.25, 0.3) is 0 Å². The van der Waals surface area contributed by atoms with Crippen molar-refractivity contribution in [1.29, 1.82) is 0 Å². The zero-order chi connectivity index (χ0) is 26.2. The maximum absolute atomic E-state index is 11.4. The van der Waals surface area contributed by atoms with Gasteiger partial charge in [-0.25, -0.2) is 0 Å². The highest BCUT2D eigenvalue weighted by molar-refractivity contribution is 8.14. The summed E-state index contributed by atoms with van der Waals surface area (Å²) in [7, 11) is -26.6. The van der Waals surface area contributed by atoms with Crippen molar-refractivity contribution in [1.82, 2.24) is 0 Å². The molecule has 1 aromatic rings. The number of rotatable bonds is 11. The van der Waals surface area contributed by atoms with E-state index in [1.165, 1.54) is 11.6 Å². The molecule has 0 fully saturated rings. The lowest BCUT2D eigenvalue weighted by Crippen LogP contribution is -2.91. The van der Waals surface area contributed by atoms with E-state index in [-0.39, 0.29) is 0 Å². The lowest BCUT2D eigenvalue weighted by Gasteiger charge is -2.23. The second-order valence-corrected chi connectivity index (χ2v) is 62.1. The number of benzene rings is 1. The van der Waals surface area contributed by atoms with Crippen LogP contribution in [0.25, 0.3) is 0 Å². The smallest absolute Gasteiger partial charge is 0.483 e. The summed E-state index contributed by atoms with van der Waals surface area (Å²) in [5, 5.41) is 0. The maximum Gasteiger partial charge on any atom is 0.483 e. The summed E-state index contributed by atoms with van der Waals surface area (Å²) in [5.74, 6) is 0. The van der Waals surface area contributed by atoms with Crippen molar-refractivity contribution in [2.45, 2.75) is 25.6 Å². The molecule has 0 spiro atoms. The Bertz CT molecular complexity index is 817. The molecule has 1 rings (SSSR count). The van der Waals surface area contributed by atoms with Gasteiger partial charge in [0.15, 0.2) is 8.32 Å². The van der Waals surface area contributed by atoms with Crippen LogP contribution in [0.1, 0.15) is 5.56 Å². The highest BCUT2D eigenvalue weighted by atomic mass is 30.4. The van der Waals surface area contributed by atoms with Crippen molar-refractivity contribution < 1.29 is 60.0 Å². The van der Waals surface area contributed by atoms with Crippen LogP contribution in [0.15, 0.2) is 30.3 Å². The maximum atomic E-state index is 11.4. The molecule has 182 valence electrons. The second kappa shape index (κ2) is 13.0. The minimum atomic E-state index is -5.60. The first kappa shape index (κ1) is 31.7. The fourth-order valence-corrected chi connectivity index (χ4v) is 95.1. The van der Waals surface area contributed by atoms with Crippen LogP contribution in [0.5, 0.6) is 0 Å². The van der Waals surface area contributed by atoms with Crippen LogP contribution in [0, 0.1) is 0 Å². The Hall–Kier alpha value is -1.27. The molecule has 0 aliphatic heterocycles. The standard InChI is InChI=1S/C11H18OSi.H6O12Si8/c1-12-13(2,3)10-9-11-7-5-4-6-8-11;1-13(2)19(14(3)4,15(5)6)20(16(7)8,17(9)10)18(11)12/h4-8H,9-10H2,1-3H3;1,3,5,7,9,11H. The molecule has 0 atom stereocenters. The fourth-order valence-electron chi connectivity index (χ4n) is 2.70. The van der Waals surface area contributed by atoms with E-state index in [0.29, 0.717) is 0 Å². The zero-order valence-electron chi connectivity index (χ0n) is 17.8. The van der Waals surface area contributed by atoms with Crippen LogP contribution in [0.4, 0.5) is 0 Å². The summed E-state index contributed by atoms with van der Waals surface area (Å²) in [5.41, 5.74) is 1.42. The molecule has 13 nitrogen and oxygen atoms in total. The van der Waals surface area contributed by atoms with E-state index < -0.39 is 71.3 Å². The van der Waals surface area contributed by atoms with E-state index in [1.807, 2.05) is 7.11 Å². The van der Waals surface area contributed by atoms with Gasteiger partial charge < -0.3 is 60.0 Å². The molecule has 0 saturated heterocycles. The summed E-state index contributed by atoms with van der Waals surface area (Å²) in [4.78, 5) is 54.9. The Morgan fingerprint density at radius 3 is 1.21 bits per heavy atom. The van der Waals surface area contributed by atoms with Gasteiger partial charge in [-0.2, -0.15) is 0 Å². The predicted octanol–water partition coefficient (Wildman–Crippen LogP) is -4.02. The molecule has 0 amide bonds. The number of hydrogen-bond donors (Lipinski definition) is 6. The largest absolute Gasteiger partial charge is 0.542 e. The van der Waals surface area contributed by atoms with E-state index in [4.69, 9.17) is 33.2 Å². The molecule has 0 aliphatic rings. The Balaban J connectivity index is 0.000000676. The monoisotopic (exact) mass is 616 g/mol. The van der Waals surface area contributed by atoms with Crippen LogP contribution in [-0.4, -0.2) is 107 Å². The van der Waals surface area contributed by atoms with Gasteiger partial charge in [-0.3, -0.25) is 0 Å². The highest BCUT2D eigenvalue weighted by Gasteiger charge is 2.91. The molecule has 6 N–H and O–H groups in total.